The fourth-order valence-corrected chi connectivity index (χ4v) is 2.99. The van der Waals surface area contributed by atoms with Gasteiger partial charge in [0.2, 0.25) is 0 Å². The Labute approximate surface area is 155 Å². The summed E-state index contributed by atoms with van der Waals surface area (Å²) in [5.41, 5.74) is -1.01. The van der Waals surface area contributed by atoms with E-state index in [9.17, 15) is 18.0 Å². The van der Waals surface area contributed by atoms with Crippen LogP contribution in [0.15, 0.2) is 65.5 Å². The van der Waals surface area contributed by atoms with Crippen molar-refractivity contribution in [2.24, 2.45) is 0 Å². The molecule has 0 saturated carbocycles. The molecule has 0 spiro atoms. The van der Waals surface area contributed by atoms with Gasteiger partial charge in [-0.1, -0.05) is 41.9 Å². The van der Waals surface area contributed by atoms with Gasteiger partial charge in [0.25, 0.3) is 5.56 Å². The molecule has 0 amide bonds. The smallest absolute Gasteiger partial charge is 0.274 e. The minimum atomic E-state index is -4.71. The molecule has 136 valence electrons. The van der Waals surface area contributed by atoms with E-state index in [-0.39, 0.29) is 11.3 Å². The lowest BCUT2D eigenvalue weighted by atomic mass is 10.1. The molecule has 0 aliphatic heterocycles. The summed E-state index contributed by atoms with van der Waals surface area (Å²) in [4.78, 5) is 16.9. The van der Waals surface area contributed by atoms with E-state index in [1.165, 1.54) is 0 Å². The van der Waals surface area contributed by atoms with Crippen LogP contribution in [-0.2, 0) is 6.18 Å². The first-order chi connectivity index (χ1) is 12.8. The first-order valence-corrected chi connectivity index (χ1v) is 8.27. The quantitative estimate of drug-likeness (QED) is 0.521. The molecule has 0 radical (unpaired) electrons. The molecule has 27 heavy (non-hydrogen) atoms. The number of fused-ring (bicyclic) bond motifs is 1. The maximum Gasteiger partial charge on any atom is 0.417 e. The number of aromatic nitrogens is 3. The predicted octanol–water partition coefficient (Wildman–Crippen LogP) is 5.05. The van der Waals surface area contributed by atoms with E-state index < -0.39 is 22.7 Å². The Morgan fingerprint density at radius 2 is 1.67 bits per heavy atom. The molecule has 4 aromatic rings. The van der Waals surface area contributed by atoms with Crippen molar-refractivity contribution in [1.29, 1.82) is 0 Å². The Kier molecular flexibility index (Phi) is 4.04. The highest BCUT2D eigenvalue weighted by molar-refractivity contribution is 6.30. The summed E-state index contributed by atoms with van der Waals surface area (Å²) < 4.78 is 42.0. The standard InChI is InChI=1S/C19H11ClF3N3O/c20-12-8-6-11(7-9-12)15-10-14(19(21,22)23)16-17(24-15)25-26(18(16)27)13-4-2-1-3-5-13/h1-10H,(H,24,25). The minimum absolute atomic E-state index is 0.0907. The molecule has 0 unspecified atom stereocenters. The van der Waals surface area contributed by atoms with E-state index >= 15 is 0 Å². The van der Waals surface area contributed by atoms with Crippen molar-refractivity contribution in [2.45, 2.75) is 6.18 Å². The third kappa shape index (κ3) is 3.10. The number of hydrogen-bond acceptors (Lipinski definition) is 2. The van der Waals surface area contributed by atoms with Crippen LogP contribution in [0.2, 0.25) is 5.02 Å². The van der Waals surface area contributed by atoms with Crippen LogP contribution in [0.4, 0.5) is 13.2 Å². The average molecular weight is 390 g/mol. The lowest BCUT2D eigenvalue weighted by Gasteiger charge is -2.09. The van der Waals surface area contributed by atoms with Gasteiger partial charge in [-0.15, -0.1) is 0 Å². The zero-order valence-electron chi connectivity index (χ0n) is 13.6. The van der Waals surface area contributed by atoms with Gasteiger partial charge in [-0.05, 0) is 30.3 Å². The van der Waals surface area contributed by atoms with Crippen molar-refractivity contribution in [3.05, 3.63) is 81.6 Å². The number of alkyl halides is 3. The van der Waals surface area contributed by atoms with E-state index in [2.05, 4.69) is 10.1 Å². The van der Waals surface area contributed by atoms with Crippen LogP contribution in [-0.4, -0.2) is 14.8 Å². The van der Waals surface area contributed by atoms with Crippen molar-refractivity contribution in [3.8, 4) is 16.9 Å². The molecule has 2 aromatic carbocycles. The normalized spacial score (nSPS) is 11.9. The third-order valence-electron chi connectivity index (χ3n) is 4.11. The van der Waals surface area contributed by atoms with Gasteiger partial charge in [-0.3, -0.25) is 9.89 Å². The van der Waals surface area contributed by atoms with Crippen LogP contribution in [0.3, 0.4) is 0 Å². The molecule has 2 aromatic heterocycles. The van der Waals surface area contributed by atoms with E-state index in [4.69, 9.17) is 11.6 Å². The summed E-state index contributed by atoms with van der Waals surface area (Å²) in [5.74, 6) is 0. The largest absolute Gasteiger partial charge is 0.417 e. The monoisotopic (exact) mass is 389 g/mol. The van der Waals surface area contributed by atoms with Gasteiger partial charge >= 0.3 is 6.18 Å². The van der Waals surface area contributed by atoms with Crippen LogP contribution in [0, 0.1) is 0 Å². The summed E-state index contributed by atoms with van der Waals surface area (Å²) >= 11 is 5.84. The summed E-state index contributed by atoms with van der Waals surface area (Å²) in [6.07, 6.45) is -4.71. The number of nitrogens with zero attached hydrogens (tertiary/aromatic N) is 2. The van der Waals surface area contributed by atoms with Gasteiger partial charge in [0, 0.05) is 10.6 Å². The average Bonchev–Trinajstić information content (AvgIpc) is 2.98. The first kappa shape index (κ1) is 17.4. The second-order valence-electron chi connectivity index (χ2n) is 5.87. The minimum Gasteiger partial charge on any atom is -0.274 e. The Hall–Kier alpha value is -3.06. The van der Waals surface area contributed by atoms with Crippen molar-refractivity contribution in [1.82, 2.24) is 14.8 Å². The molecule has 4 nitrogen and oxygen atoms in total. The molecule has 0 fully saturated rings. The van der Waals surface area contributed by atoms with Crippen molar-refractivity contribution in [3.63, 3.8) is 0 Å². The molecular formula is C19H11ClF3N3O. The maximum atomic E-state index is 13.7. The molecule has 4 rings (SSSR count). The number of benzene rings is 2. The molecule has 8 heteroatoms. The highest BCUT2D eigenvalue weighted by Crippen LogP contribution is 2.35. The van der Waals surface area contributed by atoms with Crippen LogP contribution in [0.25, 0.3) is 28.0 Å². The van der Waals surface area contributed by atoms with Crippen LogP contribution >= 0.6 is 11.6 Å². The number of hydrogen-bond donors (Lipinski definition) is 1. The van der Waals surface area contributed by atoms with Crippen molar-refractivity contribution in [2.75, 3.05) is 0 Å². The fraction of sp³-hybridized carbons (Fsp3) is 0.0526. The van der Waals surface area contributed by atoms with E-state index in [0.717, 1.165) is 10.7 Å². The third-order valence-corrected chi connectivity index (χ3v) is 4.37. The van der Waals surface area contributed by atoms with Gasteiger partial charge in [0.05, 0.1) is 22.3 Å². The number of nitrogens with one attached hydrogen (secondary N) is 1. The second kappa shape index (κ2) is 6.28. The topological polar surface area (TPSA) is 50.7 Å². The summed E-state index contributed by atoms with van der Waals surface area (Å²) in [6.45, 7) is 0. The number of halogens is 4. The van der Waals surface area contributed by atoms with E-state index in [0.29, 0.717) is 16.3 Å². The van der Waals surface area contributed by atoms with Gasteiger partial charge in [0.15, 0.2) is 5.65 Å². The van der Waals surface area contributed by atoms with E-state index in [1.807, 2.05) is 0 Å². The molecule has 2 heterocycles. The highest BCUT2D eigenvalue weighted by atomic mass is 35.5. The Morgan fingerprint density at radius 3 is 2.30 bits per heavy atom. The van der Waals surface area contributed by atoms with E-state index in [1.54, 1.807) is 54.6 Å². The molecular weight excluding hydrogens is 379 g/mol. The van der Waals surface area contributed by atoms with Crippen molar-refractivity contribution < 1.29 is 13.2 Å². The van der Waals surface area contributed by atoms with Gasteiger partial charge in [-0.25, -0.2) is 9.67 Å². The maximum absolute atomic E-state index is 13.7. The molecule has 1 N–H and O–H groups in total. The Morgan fingerprint density at radius 1 is 1.00 bits per heavy atom. The molecule has 0 atom stereocenters. The van der Waals surface area contributed by atoms with Crippen LogP contribution < -0.4 is 5.56 Å². The summed E-state index contributed by atoms with van der Waals surface area (Å²) in [5, 5.41) is 2.64. The predicted molar refractivity (Wildman–Crippen MR) is 97.1 cm³/mol. The van der Waals surface area contributed by atoms with Crippen molar-refractivity contribution >= 4 is 22.6 Å². The first-order valence-electron chi connectivity index (χ1n) is 7.89. The number of rotatable bonds is 2. The lowest BCUT2D eigenvalue weighted by molar-refractivity contribution is -0.136. The molecule has 0 aliphatic rings. The zero-order chi connectivity index (χ0) is 19.2. The summed E-state index contributed by atoms with van der Waals surface area (Å²) in [7, 11) is 0. The molecule has 0 saturated heterocycles. The second-order valence-corrected chi connectivity index (χ2v) is 6.31. The zero-order valence-corrected chi connectivity index (χ0v) is 14.3. The van der Waals surface area contributed by atoms with Crippen LogP contribution in [0.5, 0.6) is 0 Å². The van der Waals surface area contributed by atoms with Crippen LogP contribution in [0.1, 0.15) is 5.56 Å². The highest BCUT2D eigenvalue weighted by Gasteiger charge is 2.36. The van der Waals surface area contributed by atoms with Gasteiger partial charge in [-0.2, -0.15) is 13.2 Å². The number of H-pyrrole nitrogens is 1. The summed E-state index contributed by atoms with van der Waals surface area (Å²) in [6, 6.07) is 15.5. The number of para-hydroxylation sites is 1. The van der Waals surface area contributed by atoms with Gasteiger partial charge < -0.3 is 0 Å². The molecule has 0 aliphatic carbocycles. The molecule has 0 bridgehead atoms. The van der Waals surface area contributed by atoms with Gasteiger partial charge in [0.1, 0.15) is 0 Å². The Balaban J connectivity index is 2.02. The Bertz CT molecular complexity index is 1180. The fourth-order valence-electron chi connectivity index (χ4n) is 2.86. The lowest BCUT2D eigenvalue weighted by Crippen LogP contribution is -2.17. The number of pyridine rings is 1. The SMILES string of the molecule is O=c1c2c(C(F)(F)F)cc(-c3ccc(Cl)cc3)nc2[nH]n1-c1ccccc1. The number of aromatic amines is 1.